The smallest absolute Gasteiger partial charge is 0.214 e. The van der Waals surface area contributed by atoms with Crippen LogP contribution in [0.1, 0.15) is 31.7 Å². The van der Waals surface area contributed by atoms with E-state index in [0.29, 0.717) is 23.7 Å². The van der Waals surface area contributed by atoms with E-state index < -0.39 is 0 Å². The zero-order valence-electron chi connectivity index (χ0n) is 13.5. The van der Waals surface area contributed by atoms with Gasteiger partial charge in [0.25, 0.3) is 0 Å². The third kappa shape index (κ3) is 4.26. The highest BCUT2D eigenvalue weighted by Crippen LogP contribution is 2.33. The monoisotopic (exact) mass is 400 g/mol. The quantitative estimate of drug-likeness (QED) is 0.659. The zero-order chi connectivity index (χ0) is 16.8. The summed E-state index contributed by atoms with van der Waals surface area (Å²) in [4.78, 5) is 0. The largest absolute Gasteiger partial charge is 0.493 e. The van der Waals surface area contributed by atoms with Gasteiger partial charge in [-0.25, -0.2) is 4.68 Å². The Bertz CT molecular complexity index is 714. The van der Waals surface area contributed by atoms with Crippen LogP contribution in [0.5, 0.6) is 11.5 Å². The number of rotatable bonds is 8. The first-order valence-electron chi connectivity index (χ1n) is 7.50. The molecule has 0 saturated heterocycles. The zero-order valence-corrected chi connectivity index (χ0v) is 15.9. The lowest BCUT2D eigenvalue weighted by Crippen LogP contribution is -2.17. The summed E-state index contributed by atoms with van der Waals surface area (Å²) in [5.74, 6) is 2.31. The molecule has 0 aliphatic heterocycles. The first kappa shape index (κ1) is 17.8. The van der Waals surface area contributed by atoms with Crippen molar-refractivity contribution in [3.05, 3.63) is 32.8 Å². The Hall–Kier alpha value is -1.54. The predicted octanol–water partition coefficient (Wildman–Crippen LogP) is 3.81. The van der Waals surface area contributed by atoms with E-state index in [4.69, 9.17) is 21.7 Å². The Balaban J connectivity index is 2.19. The molecule has 0 saturated carbocycles. The van der Waals surface area contributed by atoms with Crippen LogP contribution in [-0.4, -0.2) is 28.6 Å². The first-order valence-corrected chi connectivity index (χ1v) is 8.70. The van der Waals surface area contributed by atoms with Gasteiger partial charge in [0.15, 0.2) is 17.3 Å². The number of aromatic nitrogens is 3. The lowest BCUT2D eigenvalue weighted by Gasteiger charge is -2.15. The van der Waals surface area contributed by atoms with Gasteiger partial charge in [-0.05, 0) is 36.3 Å². The molecule has 126 valence electrons. The fourth-order valence-electron chi connectivity index (χ4n) is 2.09. The van der Waals surface area contributed by atoms with Crippen molar-refractivity contribution in [2.24, 2.45) is 0 Å². The maximum atomic E-state index is 5.71. The molecule has 0 amide bonds. The van der Waals surface area contributed by atoms with Gasteiger partial charge in [-0.2, -0.15) is 5.10 Å². The Morgan fingerprint density at radius 3 is 2.78 bits per heavy atom. The SMILES string of the molecule is CCCOc1cc(Br)c(CNn2c(CC)n[nH]c2=S)cc1OC. The molecule has 0 aliphatic carbocycles. The normalized spacial score (nSPS) is 10.6. The molecule has 0 spiro atoms. The van der Waals surface area contributed by atoms with Crippen LogP contribution in [0.4, 0.5) is 0 Å². The van der Waals surface area contributed by atoms with Gasteiger partial charge in [0, 0.05) is 10.9 Å². The molecule has 0 aliphatic rings. The van der Waals surface area contributed by atoms with E-state index in [9.17, 15) is 0 Å². The summed E-state index contributed by atoms with van der Waals surface area (Å²) in [5.41, 5.74) is 4.31. The molecule has 2 rings (SSSR count). The molecule has 2 N–H and O–H groups in total. The standard InChI is InChI=1S/C15H21BrN4O2S/c1-4-6-22-13-8-11(16)10(7-12(13)21-3)9-17-20-14(5-2)18-19-15(20)23/h7-8,17H,4-6,9H2,1-3H3,(H,19,23). The van der Waals surface area contributed by atoms with Gasteiger partial charge in [0.05, 0.1) is 20.3 Å². The third-order valence-electron chi connectivity index (χ3n) is 3.28. The Labute approximate surface area is 149 Å². The molecule has 0 fully saturated rings. The third-order valence-corrected chi connectivity index (χ3v) is 4.29. The van der Waals surface area contributed by atoms with Crippen LogP contribution in [0.15, 0.2) is 16.6 Å². The molecule has 1 heterocycles. The number of hydrogen-bond acceptors (Lipinski definition) is 5. The van der Waals surface area contributed by atoms with Gasteiger partial charge < -0.3 is 14.9 Å². The minimum atomic E-state index is 0.549. The second-order valence-electron chi connectivity index (χ2n) is 4.91. The summed E-state index contributed by atoms with van der Waals surface area (Å²) < 4.78 is 14.4. The molecule has 2 aromatic rings. The summed E-state index contributed by atoms with van der Waals surface area (Å²) in [6.45, 7) is 5.33. The van der Waals surface area contributed by atoms with Crippen LogP contribution < -0.4 is 14.9 Å². The van der Waals surface area contributed by atoms with Crippen molar-refractivity contribution in [3.8, 4) is 11.5 Å². The molecular formula is C15H21BrN4O2S. The van der Waals surface area contributed by atoms with E-state index in [2.05, 4.69) is 38.5 Å². The van der Waals surface area contributed by atoms with Crippen LogP contribution in [0.3, 0.4) is 0 Å². The number of methoxy groups -OCH3 is 1. The van der Waals surface area contributed by atoms with E-state index in [-0.39, 0.29) is 0 Å². The number of ether oxygens (including phenoxy) is 2. The van der Waals surface area contributed by atoms with Crippen LogP contribution >= 0.6 is 28.1 Å². The topological polar surface area (TPSA) is 64.1 Å². The summed E-state index contributed by atoms with van der Waals surface area (Å²) in [6.07, 6.45) is 1.73. The van der Waals surface area contributed by atoms with E-state index in [1.807, 2.05) is 19.1 Å². The number of hydrogen-bond donors (Lipinski definition) is 2. The van der Waals surface area contributed by atoms with Crippen molar-refractivity contribution in [2.45, 2.75) is 33.2 Å². The predicted molar refractivity (Wildman–Crippen MR) is 96.3 cm³/mol. The minimum Gasteiger partial charge on any atom is -0.493 e. The number of nitrogens with one attached hydrogen (secondary N) is 2. The molecule has 23 heavy (non-hydrogen) atoms. The second kappa shape index (κ2) is 8.35. The Morgan fingerprint density at radius 2 is 2.13 bits per heavy atom. The number of nitrogens with zero attached hydrogens (tertiary/aromatic N) is 2. The highest BCUT2D eigenvalue weighted by molar-refractivity contribution is 9.10. The average molecular weight is 401 g/mol. The summed E-state index contributed by atoms with van der Waals surface area (Å²) in [6, 6.07) is 3.89. The second-order valence-corrected chi connectivity index (χ2v) is 6.15. The molecule has 1 aromatic carbocycles. The molecule has 0 unspecified atom stereocenters. The summed E-state index contributed by atoms with van der Waals surface area (Å²) in [5, 5.41) is 6.97. The number of benzene rings is 1. The molecule has 0 bridgehead atoms. The lowest BCUT2D eigenvalue weighted by atomic mass is 10.2. The first-order chi connectivity index (χ1) is 11.1. The maximum absolute atomic E-state index is 5.71. The van der Waals surface area contributed by atoms with E-state index >= 15 is 0 Å². The fraction of sp³-hybridized carbons (Fsp3) is 0.467. The number of halogens is 1. The molecular weight excluding hydrogens is 380 g/mol. The van der Waals surface area contributed by atoms with Crippen LogP contribution in [-0.2, 0) is 13.0 Å². The van der Waals surface area contributed by atoms with Gasteiger partial charge in [-0.3, -0.25) is 5.10 Å². The summed E-state index contributed by atoms with van der Waals surface area (Å²) >= 11 is 8.82. The van der Waals surface area contributed by atoms with Gasteiger partial charge in [0.1, 0.15) is 0 Å². The summed E-state index contributed by atoms with van der Waals surface area (Å²) in [7, 11) is 1.64. The van der Waals surface area contributed by atoms with Gasteiger partial charge >= 0.3 is 0 Å². The van der Waals surface area contributed by atoms with Crippen molar-refractivity contribution in [1.29, 1.82) is 0 Å². The van der Waals surface area contributed by atoms with Gasteiger partial charge in [-0.15, -0.1) is 0 Å². The van der Waals surface area contributed by atoms with Gasteiger partial charge in [-0.1, -0.05) is 29.8 Å². The number of aromatic amines is 1. The minimum absolute atomic E-state index is 0.549. The average Bonchev–Trinajstić information content (AvgIpc) is 2.91. The Morgan fingerprint density at radius 1 is 1.35 bits per heavy atom. The van der Waals surface area contributed by atoms with E-state index in [0.717, 1.165) is 34.5 Å². The fourth-order valence-corrected chi connectivity index (χ4v) is 2.77. The molecule has 6 nitrogen and oxygen atoms in total. The van der Waals surface area contributed by atoms with E-state index in [1.165, 1.54) is 0 Å². The highest BCUT2D eigenvalue weighted by atomic mass is 79.9. The maximum Gasteiger partial charge on any atom is 0.214 e. The van der Waals surface area contributed by atoms with Crippen molar-refractivity contribution < 1.29 is 9.47 Å². The highest BCUT2D eigenvalue weighted by Gasteiger charge is 2.11. The van der Waals surface area contributed by atoms with Gasteiger partial charge in [0.2, 0.25) is 4.77 Å². The van der Waals surface area contributed by atoms with Crippen molar-refractivity contribution >= 4 is 28.1 Å². The van der Waals surface area contributed by atoms with Crippen LogP contribution in [0, 0.1) is 4.77 Å². The molecule has 1 aromatic heterocycles. The van der Waals surface area contributed by atoms with Crippen LogP contribution in [0.25, 0.3) is 0 Å². The number of H-pyrrole nitrogens is 1. The van der Waals surface area contributed by atoms with Crippen molar-refractivity contribution in [3.63, 3.8) is 0 Å². The lowest BCUT2D eigenvalue weighted by molar-refractivity contribution is 0.294. The molecule has 8 heteroatoms. The number of aryl methyl sites for hydroxylation is 1. The van der Waals surface area contributed by atoms with Crippen molar-refractivity contribution in [2.75, 3.05) is 19.1 Å². The van der Waals surface area contributed by atoms with Crippen LogP contribution in [0.2, 0.25) is 0 Å². The molecule has 0 radical (unpaired) electrons. The Kier molecular flexibility index (Phi) is 6.47. The molecule has 0 atom stereocenters. The van der Waals surface area contributed by atoms with E-state index in [1.54, 1.807) is 11.8 Å². The van der Waals surface area contributed by atoms with Crippen molar-refractivity contribution in [1.82, 2.24) is 14.9 Å².